The summed E-state index contributed by atoms with van der Waals surface area (Å²) in [6.07, 6.45) is 16.6. The molecule has 2 unspecified atom stereocenters. The maximum absolute atomic E-state index is 12.1. The fraction of sp³-hybridized carbons (Fsp3) is 0.950. The summed E-state index contributed by atoms with van der Waals surface area (Å²) in [5, 5.41) is 0. The second-order valence-electron chi connectivity index (χ2n) is 7.73. The van der Waals surface area contributed by atoms with E-state index < -0.39 is 0 Å². The zero-order chi connectivity index (χ0) is 15.8. The van der Waals surface area contributed by atoms with Crippen molar-refractivity contribution in [2.24, 2.45) is 17.8 Å². The highest BCUT2D eigenvalue weighted by molar-refractivity contribution is 5.73. The highest BCUT2D eigenvalue weighted by atomic mass is 16.5. The monoisotopic (exact) mass is 308 g/mol. The Hall–Kier alpha value is -0.530. The van der Waals surface area contributed by atoms with Gasteiger partial charge in [0, 0.05) is 0 Å². The van der Waals surface area contributed by atoms with Crippen molar-refractivity contribution >= 4 is 5.97 Å². The highest BCUT2D eigenvalue weighted by Crippen LogP contribution is 2.35. The maximum Gasteiger partial charge on any atom is 0.309 e. The lowest BCUT2D eigenvalue weighted by atomic mass is 9.78. The number of carbonyl (C=O) groups is 1. The molecule has 0 aromatic carbocycles. The lowest BCUT2D eigenvalue weighted by molar-refractivity contribution is -0.161. The second kappa shape index (κ2) is 9.57. The molecule has 2 fully saturated rings. The van der Waals surface area contributed by atoms with Crippen molar-refractivity contribution in [1.82, 2.24) is 0 Å². The predicted molar refractivity (Wildman–Crippen MR) is 91.7 cm³/mol. The number of rotatable bonds is 8. The third-order valence-corrected chi connectivity index (χ3v) is 5.92. The molecular weight excluding hydrogens is 272 g/mol. The van der Waals surface area contributed by atoms with Crippen molar-refractivity contribution in [1.29, 1.82) is 0 Å². The normalized spacial score (nSPS) is 32.7. The molecule has 22 heavy (non-hydrogen) atoms. The predicted octanol–water partition coefficient (Wildman–Crippen LogP) is 5.89. The molecule has 2 atom stereocenters. The zero-order valence-corrected chi connectivity index (χ0v) is 14.8. The summed E-state index contributed by atoms with van der Waals surface area (Å²) in [6.45, 7) is 4.49. The molecule has 1 aliphatic heterocycles. The van der Waals surface area contributed by atoms with Crippen LogP contribution in [0.5, 0.6) is 0 Å². The van der Waals surface area contributed by atoms with Crippen LogP contribution < -0.4 is 0 Å². The summed E-state index contributed by atoms with van der Waals surface area (Å²) in [5.74, 6) is 2.18. The minimum Gasteiger partial charge on any atom is -0.462 e. The minimum atomic E-state index is 0.0938. The molecule has 0 N–H and O–H groups in total. The quantitative estimate of drug-likeness (QED) is 0.523. The first kappa shape index (κ1) is 17.8. The first-order valence-electron chi connectivity index (χ1n) is 9.93. The van der Waals surface area contributed by atoms with Gasteiger partial charge in [0.25, 0.3) is 0 Å². The van der Waals surface area contributed by atoms with Crippen LogP contribution >= 0.6 is 0 Å². The van der Waals surface area contributed by atoms with Gasteiger partial charge in [-0.05, 0) is 43.9 Å². The second-order valence-corrected chi connectivity index (χ2v) is 7.73. The van der Waals surface area contributed by atoms with Crippen LogP contribution in [0.15, 0.2) is 0 Å². The smallest absolute Gasteiger partial charge is 0.309 e. The van der Waals surface area contributed by atoms with Crippen LogP contribution in [0.25, 0.3) is 0 Å². The maximum atomic E-state index is 12.1. The van der Waals surface area contributed by atoms with E-state index in [9.17, 15) is 4.79 Å². The summed E-state index contributed by atoms with van der Waals surface area (Å²) in [6, 6.07) is 0. The highest BCUT2D eigenvalue weighted by Gasteiger charge is 2.30. The Morgan fingerprint density at radius 3 is 2.09 bits per heavy atom. The third-order valence-electron chi connectivity index (χ3n) is 5.92. The first-order valence-corrected chi connectivity index (χ1v) is 9.93. The molecule has 1 saturated carbocycles. The number of carbonyl (C=O) groups excluding carboxylic acids is 1. The van der Waals surface area contributed by atoms with E-state index in [1.807, 2.05) is 0 Å². The molecule has 0 spiro atoms. The first-order chi connectivity index (χ1) is 10.7. The van der Waals surface area contributed by atoms with Gasteiger partial charge in [-0.1, -0.05) is 65.2 Å². The summed E-state index contributed by atoms with van der Waals surface area (Å²) in [7, 11) is 0. The Morgan fingerprint density at radius 2 is 1.50 bits per heavy atom. The molecule has 1 saturated heterocycles. The topological polar surface area (TPSA) is 26.3 Å². The summed E-state index contributed by atoms with van der Waals surface area (Å²) < 4.78 is 5.71. The van der Waals surface area contributed by atoms with Gasteiger partial charge >= 0.3 is 5.97 Å². The van der Waals surface area contributed by atoms with E-state index >= 15 is 0 Å². The lowest BCUT2D eigenvalue weighted by Gasteiger charge is -2.31. The SMILES string of the molecule is CCCCC1CCC(CCC2CCC(CCC)CC2)OC1=O. The van der Waals surface area contributed by atoms with Gasteiger partial charge in [-0.3, -0.25) is 4.79 Å². The molecule has 128 valence electrons. The van der Waals surface area contributed by atoms with Crippen molar-refractivity contribution < 1.29 is 9.53 Å². The number of unbranched alkanes of at least 4 members (excludes halogenated alkanes) is 1. The number of esters is 1. The van der Waals surface area contributed by atoms with Gasteiger partial charge in [0.1, 0.15) is 6.10 Å². The Balaban J connectivity index is 1.61. The number of hydrogen-bond donors (Lipinski definition) is 0. The van der Waals surface area contributed by atoms with Gasteiger partial charge in [-0.25, -0.2) is 0 Å². The number of ether oxygens (including phenoxy) is 1. The summed E-state index contributed by atoms with van der Waals surface area (Å²) in [5.41, 5.74) is 0. The van der Waals surface area contributed by atoms with Crippen molar-refractivity contribution in [2.45, 2.75) is 103 Å². The Bertz CT molecular complexity index is 318. The van der Waals surface area contributed by atoms with E-state index in [1.54, 1.807) is 0 Å². The zero-order valence-electron chi connectivity index (χ0n) is 14.8. The Kier molecular flexibility index (Phi) is 7.75. The van der Waals surface area contributed by atoms with Crippen molar-refractivity contribution in [3.8, 4) is 0 Å². The molecule has 2 aliphatic rings. The summed E-state index contributed by atoms with van der Waals surface area (Å²) >= 11 is 0. The van der Waals surface area contributed by atoms with E-state index in [1.165, 1.54) is 51.4 Å². The van der Waals surface area contributed by atoms with Crippen LogP contribution in [0.3, 0.4) is 0 Å². The Labute approximate surface area is 137 Å². The fourth-order valence-electron chi connectivity index (χ4n) is 4.38. The molecule has 1 heterocycles. The molecule has 0 radical (unpaired) electrons. The average Bonchev–Trinajstić information content (AvgIpc) is 2.54. The van der Waals surface area contributed by atoms with Crippen LogP contribution in [0.1, 0.15) is 97.3 Å². The van der Waals surface area contributed by atoms with Crippen LogP contribution in [-0.2, 0) is 9.53 Å². The molecule has 1 aliphatic carbocycles. The van der Waals surface area contributed by atoms with E-state index in [2.05, 4.69) is 13.8 Å². The van der Waals surface area contributed by atoms with Crippen LogP contribution in [0, 0.1) is 17.8 Å². The number of hydrogen-bond acceptors (Lipinski definition) is 2. The Morgan fingerprint density at radius 1 is 0.818 bits per heavy atom. The largest absolute Gasteiger partial charge is 0.462 e. The number of cyclic esters (lactones) is 1. The minimum absolute atomic E-state index is 0.0938. The van der Waals surface area contributed by atoms with E-state index in [-0.39, 0.29) is 18.0 Å². The molecule has 2 rings (SSSR count). The summed E-state index contributed by atoms with van der Waals surface area (Å²) in [4.78, 5) is 12.1. The van der Waals surface area contributed by atoms with E-state index in [4.69, 9.17) is 4.74 Å². The van der Waals surface area contributed by atoms with Gasteiger partial charge in [0.15, 0.2) is 0 Å². The molecule has 2 nitrogen and oxygen atoms in total. The fourth-order valence-corrected chi connectivity index (χ4v) is 4.38. The molecule has 2 heteroatoms. The third kappa shape index (κ3) is 5.59. The standard InChI is InChI=1S/C20H36O2/c1-3-5-7-18-13-15-19(22-20(18)21)14-12-17-10-8-16(6-4-2)9-11-17/h16-19H,3-15H2,1-2H3. The average molecular weight is 309 g/mol. The van der Waals surface area contributed by atoms with Gasteiger partial charge in [0.05, 0.1) is 5.92 Å². The van der Waals surface area contributed by atoms with Crippen LogP contribution in [0.4, 0.5) is 0 Å². The molecular formula is C20H36O2. The van der Waals surface area contributed by atoms with Crippen molar-refractivity contribution in [3.05, 3.63) is 0 Å². The van der Waals surface area contributed by atoms with Gasteiger partial charge in [0.2, 0.25) is 0 Å². The molecule has 0 aromatic rings. The van der Waals surface area contributed by atoms with Crippen LogP contribution in [0.2, 0.25) is 0 Å². The molecule has 0 amide bonds. The van der Waals surface area contributed by atoms with Crippen molar-refractivity contribution in [2.75, 3.05) is 0 Å². The van der Waals surface area contributed by atoms with E-state index in [0.717, 1.165) is 43.9 Å². The van der Waals surface area contributed by atoms with Gasteiger partial charge < -0.3 is 4.74 Å². The molecule has 0 bridgehead atoms. The van der Waals surface area contributed by atoms with Gasteiger partial charge in [-0.15, -0.1) is 0 Å². The van der Waals surface area contributed by atoms with Crippen LogP contribution in [-0.4, -0.2) is 12.1 Å². The van der Waals surface area contributed by atoms with Crippen molar-refractivity contribution in [3.63, 3.8) is 0 Å². The molecule has 0 aromatic heterocycles. The van der Waals surface area contributed by atoms with Gasteiger partial charge in [-0.2, -0.15) is 0 Å². The lowest BCUT2D eigenvalue weighted by Crippen LogP contribution is -2.31. The van der Waals surface area contributed by atoms with E-state index in [0.29, 0.717) is 0 Å².